The number of allylic oxidation sites excluding steroid dienone is 1. The average molecular weight is 477 g/mol. The molecule has 5 rings (SSSR count). The van der Waals surface area contributed by atoms with Crippen molar-refractivity contribution in [1.82, 2.24) is 19.1 Å². The van der Waals surface area contributed by atoms with Crippen LogP contribution < -0.4 is 4.74 Å². The first-order chi connectivity index (χ1) is 17.0. The molecule has 0 radical (unpaired) electrons. The number of aliphatic imine (C=N–C) groups is 1. The first kappa shape index (κ1) is 23.3. The van der Waals surface area contributed by atoms with Gasteiger partial charge in [-0.1, -0.05) is 6.07 Å². The molecule has 3 aromatic heterocycles. The fourth-order valence-electron chi connectivity index (χ4n) is 4.85. The maximum atomic E-state index is 9.26. The first-order valence-electron chi connectivity index (χ1n) is 12.1. The van der Waals surface area contributed by atoms with E-state index in [0.717, 1.165) is 53.4 Å². The van der Waals surface area contributed by atoms with Gasteiger partial charge in [-0.2, -0.15) is 0 Å². The van der Waals surface area contributed by atoms with E-state index >= 15 is 0 Å². The van der Waals surface area contributed by atoms with Crippen LogP contribution in [-0.4, -0.2) is 75.1 Å². The van der Waals surface area contributed by atoms with Crippen LogP contribution in [0.25, 0.3) is 11.3 Å². The number of nitrogens with zero attached hydrogens (tertiary/aromatic N) is 5. The molecule has 2 aliphatic rings. The zero-order valence-electron chi connectivity index (χ0n) is 20.5. The molecule has 1 aliphatic carbocycles. The largest absolute Gasteiger partial charge is 0.490 e. The van der Waals surface area contributed by atoms with Crippen LogP contribution in [0, 0.1) is 19.3 Å². The fourth-order valence-corrected chi connectivity index (χ4v) is 4.85. The van der Waals surface area contributed by atoms with Gasteiger partial charge in [0.1, 0.15) is 19.0 Å². The molecule has 0 atom stereocenters. The Kier molecular flexibility index (Phi) is 6.44. The standard InChI is InChI=1S/C26H32N6O3/c1-17-18(2)30(3)25-21(34-14-12-31-9-6-7-10-31)16-19(23(27)22(17)25)28-24-20-8-4-5-11-32(20)29-26(24)35-15-13-33/h4-5,8,11,16,27,33H,6-7,9-10,12-15H2,1-3H3. The van der Waals surface area contributed by atoms with Crippen LogP contribution in [0.5, 0.6) is 5.88 Å². The van der Waals surface area contributed by atoms with Crippen molar-refractivity contribution in [2.45, 2.75) is 26.7 Å². The van der Waals surface area contributed by atoms with Crippen LogP contribution in [0.3, 0.4) is 0 Å². The molecule has 0 aromatic carbocycles. The van der Waals surface area contributed by atoms with E-state index in [4.69, 9.17) is 19.9 Å². The lowest BCUT2D eigenvalue weighted by Gasteiger charge is -2.21. The van der Waals surface area contributed by atoms with Gasteiger partial charge in [-0.25, -0.2) is 9.51 Å². The van der Waals surface area contributed by atoms with Gasteiger partial charge in [0.25, 0.3) is 5.88 Å². The van der Waals surface area contributed by atoms with Crippen molar-refractivity contribution in [3.8, 4) is 5.88 Å². The van der Waals surface area contributed by atoms with Gasteiger partial charge in [0.15, 0.2) is 5.69 Å². The minimum atomic E-state index is -0.125. The lowest BCUT2D eigenvalue weighted by Crippen LogP contribution is -2.25. The highest BCUT2D eigenvalue weighted by Gasteiger charge is 2.30. The summed E-state index contributed by atoms with van der Waals surface area (Å²) in [5.41, 5.74) is 6.03. The lowest BCUT2D eigenvalue weighted by molar-refractivity contribution is 0.197. The summed E-state index contributed by atoms with van der Waals surface area (Å²) in [4.78, 5) is 7.30. The molecule has 3 aromatic rings. The first-order valence-corrected chi connectivity index (χ1v) is 12.1. The van der Waals surface area contributed by atoms with E-state index in [1.165, 1.54) is 12.8 Å². The van der Waals surface area contributed by atoms with E-state index in [1.54, 1.807) is 4.52 Å². The number of hydrogen-bond donors (Lipinski definition) is 2. The van der Waals surface area contributed by atoms with Crippen LogP contribution in [0.1, 0.15) is 35.4 Å². The molecule has 2 N–H and O–H groups in total. The number of fused-ring (bicyclic) bond motifs is 2. The zero-order valence-corrected chi connectivity index (χ0v) is 20.5. The van der Waals surface area contributed by atoms with E-state index < -0.39 is 0 Å². The van der Waals surface area contributed by atoms with Gasteiger partial charge in [-0.3, -0.25) is 10.3 Å². The molecule has 1 fully saturated rings. The number of likely N-dealkylation sites (tertiary alicyclic amines) is 1. The summed E-state index contributed by atoms with van der Waals surface area (Å²) in [7, 11) is 2.01. The smallest absolute Gasteiger partial charge is 0.260 e. The molecule has 1 saturated heterocycles. The third-order valence-electron chi connectivity index (χ3n) is 6.91. The van der Waals surface area contributed by atoms with Crippen molar-refractivity contribution in [1.29, 1.82) is 5.41 Å². The van der Waals surface area contributed by atoms with Crippen LogP contribution in [-0.2, 0) is 11.8 Å². The second-order valence-corrected chi connectivity index (χ2v) is 9.03. The van der Waals surface area contributed by atoms with Gasteiger partial charge in [0.2, 0.25) is 0 Å². The van der Waals surface area contributed by atoms with Crippen molar-refractivity contribution in [3.05, 3.63) is 53.0 Å². The van der Waals surface area contributed by atoms with Gasteiger partial charge in [0, 0.05) is 37.1 Å². The number of pyridine rings is 1. The Morgan fingerprint density at radius 2 is 1.94 bits per heavy atom. The Labute approximate surface area is 204 Å². The van der Waals surface area contributed by atoms with E-state index in [0.29, 0.717) is 29.6 Å². The number of aromatic nitrogens is 3. The topological polar surface area (TPSA) is 100 Å². The van der Waals surface area contributed by atoms with Gasteiger partial charge in [-0.15, -0.1) is 5.10 Å². The summed E-state index contributed by atoms with van der Waals surface area (Å²) < 4.78 is 15.8. The molecule has 9 nitrogen and oxygen atoms in total. The van der Waals surface area contributed by atoms with E-state index in [1.807, 2.05) is 44.4 Å². The van der Waals surface area contributed by atoms with Gasteiger partial charge >= 0.3 is 0 Å². The molecule has 1 aliphatic heterocycles. The highest BCUT2D eigenvalue weighted by molar-refractivity contribution is 6.54. The predicted octanol–water partition coefficient (Wildman–Crippen LogP) is 3.27. The normalized spacial score (nSPS) is 17.3. The van der Waals surface area contributed by atoms with Crippen molar-refractivity contribution in [2.24, 2.45) is 12.0 Å². The van der Waals surface area contributed by atoms with Crippen molar-refractivity contribution < 1.29 is 14.6 Å². The maximum Gasteiger partial charge on any atom is 0.260 e. The molecule has 9 heteroatoms. The number of hydrogen-bond acceptors (Lipinski definition) is 7. The second-order valence-electron chi connectivity index (χ2n) is 9.03. The van der Waals surface area contributed by atoms with Gasteiger partial charge < -0.3 is 19.1 Å². The predicted molar refractivity (Wildman–Crippen MR) is 136 cm³/mol. The number of nitrogens with one attached hydrogen (secondary N) is 1. The summed E-state index contributed by atoms with van der Waals surface area (Å²) in [6, 6.07) is 5.70. The molecular formula is C26H32N6O3. The van der Waals surface area contributed by atoms with Crippen LogP contribution >= 0.6 is 0 Å². The number of rotatable bonds is 8. The van der Waals surface area contributed by atoms with E-state index in [9.17, 15) is 5.11 Å². The minimum Gasteiger partial charge on any atom is -0.490 e. The Morgan fingerprint density at radius 1 is 1.14 bits per heavy atom. The van der Waals surface area contributed by atoms with Crippen molar-refractivity contribution >= 4 is 28.4 Å². The molecular weight excluding hydrogens is 444 g/mol. The summed E-state index contributed by atoms with van der Waals surface area (Å²) in [5, 5.41) is 22.8. The Morgan fingerprint density at radius 3 is 2.71 bits per heavy atom. The minimum absolute atomic E-state index is 0.112. The van der Waals surface area contributed by atoms with E-state index in [-0.39, 0.29) is 13.2 Å². The molecule has 0 bridgehead atoms. The van der Waals surface area contributed by atoms with Crippen LogP contribution in [0.2, 0.25) is 0 Å². The Hall–Kier alpha value is -3.43. The average Bonchev–Trinajstić information content (AvgIpc) is 3.55. The Balaban J connectivity index is 1.57. The zero-order chi connectivity index (χ0) is 24.5. The summed E-state index contributed by atoms with van der Waals surface area (Å²) in [6.45, 7) is 7.80. The van der Waals surface area contributed by atoms with E-state index in [2.05, 4.69) is 21.5 Å². The molecule has 4 heterocycles. The highest BCUT2D eigenvalue weighted by atomic mass is 16.5. The number of ether oxygens (including phenoxy) is 2. The molecule has 184 valence electrons. The quantitative estimate of drug-likeness (QED) is 0.520. The number of aliphatic hydroxyl groups excluding tert-OH is 1. The summed E-state index contributed by atoms with van der Waals surface area (Å²) in [5.74, 6) is 1.05. The van der Waals surface area contributed by atoms with Crippen molar-refractivity contribution in [2.75, 3.05) is 39.5 Å². The number of aliphatic hydroxyl groups is 1. The second kappa shape index (κ2) is 9.67. The molecule has 0 saturated carbocycles. The van der Waals surface area contributed by atoms with Gasteiger partial charge in [-0.05, 0) is 57.5 Å². The molecule has 0 unspecified atom stereocenters. The van der Waals surface area contributed by atoms with Crippen LogP contribution in [0.15, 0.2) is 35.5 Å². The Bertz CT molecular complexity index is 1330. The highest BCUT2D eigenvalue weighted by Crippen LogP contribution is 2.36. The SMILES string of the molecule is Cc1c2c(n(C)c1C)C(OCCN1CCCC1)=CC(=Nc1c(OCCO)nn3ccccc13)C2=N. The van der Waals surface area contributed by atoms with Crippen molar-refractivity contribution in [3.63, 3.8) is 0 Å². The molecule has 0 spiro atoms. The van der Waals surface area contributed by atoms with Gasteiger partial charge in [0.05, 0.1) is 29.2 Å². The maximum absolute atomic E-state index is 9.26. The summed E-state index contributed by atoms with van der Waals surface area (Å²) >= 11 is 0. The lowest BCUT2D eigenvalue weighted by atomic mass is 9.95. The monoisotopic (exact) mass is 476 g/mol. The fraction of sp³-hybridized carbons (Fsp3) is 0.423. The third kappa shape index (κ3) is 4.26. The summed E-state index contributed by atoms with van der Waals surface area (Å²) in [6.07, 6.45) is 6.17. The van der Waals surface area contributed by atoms with Crippen LogP contribution in [0.4, 0.5) is 5.69 Å². The molecule has 35 heavy (non-hydrogen) atoms. The molecule has 0 amide bonds. The third-order valence-corrected chi connectivity index (χ3v) is 6.91.